The maximum absolute atomic E-state index is 12.9. The van der Waals surface area contributed by atoms with Gasteiger partial charge < -0.3 is 11.1 Å². The first-order valence-corrected chi connectivity index (χ1v) is 5.33. The molecule has 1 rings (SSSR count). The van der Waals surface area contributed by atoms with E-state index in [2.05, 4.69) is 5.32 Å². The molecule has 1 aromatic rings. The lowest BCUT2D eigenvalue weighted by molar-refractivity contribution is -0.384. The molecule has 0 spiro atoms. The molecular formula is C11H14FN3O3. The lowest BCUT2D eigenvalue weighted by atomic mass is 10.0. The van der Waals surface area contributed by atoms with E-state index >= 15 is 0 Å². The third-order valence-corrected chi connectivity index (χ3v) is 2.44. The number of nitro benzene ring substituents is 1. The van der Waals surface area contributed by atoms with Crippen LogP contribution in [0.15, 0.2) is 18.2 Å². The molecule has 1 aromatic carbocycles. The maximum Gasteiger partial charge on any atom is 0.295 e. The number of anilines is 1. The number of nitro groups is 1. The Morgan fingerprint density at radius 3 is 2.61 bits per heavy atom. The van der Waals surface area contributed by atoms with Crippen LogP contribution in [-0.2, 0) is 4.79 Å². The number of carbonyl (C=O) groups excluding carboxylic acids is 1. The number of benzene rings is 1. The zero-order chi connectivity index (χ0) is 13.9. The number of halogens is 1. The van der Waals surface area contributed by atoms with Crippen LogP contribution in [0.5, 0.6) is 0 Å². The predicted molar refractivity (Wildman–Crippen MR) is 64.5 cm³/mol. The second-order valence-electron chi connectivity index (χ2n) is 4.18. The lowest BCUT2D eigenvalue weighted by Crippen LogP contribution is -2.39. The van der Waals surface area contributed by atoms with Crippen LogP contribution in [0.3, 0.4) is 0 Å². The lowest BCUT2D eigenvalue weighted by Gasteiger charge is -2.15. The van der Waals surface area contributed by atoms with Gasteiger partial charge >= 0.3 is 0 Å². The second-order valence-corrected chi connectivity index (χ2v) is 4.18. The van der Waals surface area contributed by atoms with Gasteiger partial charge in [0.25, 0.3) is 5.69 Å². The Kier molecular flexibility index (Phi) is 4.33. The summed E-state index contributed by atoms with van der Waals surface area (Å²) in [5.74, 6) is -1.39. The number of nitrogens with zero attached hydrogens (tertiary/aromatic N) is 1. The minimum absolute atomic E-state index is 0.0671. The van der Waals surface area contributed by atoms with Gasteiger partial charge in [0.15, 0.2) is 0 Å². The van der Waals surface area contributed by atoms with E-state index in [1.165, 1.54) is 0 Å². The predicted octanol–water partition coefficient (Wildman–Crippen LogP) is 1.66. The number of nitrogens with two attached hydrogens (primary N) is 1. The van der Waals surface area contributed by atoms with Crippen molar-refractivity contribution in [3.8, 4) is 0 Å². The molecule has 0 radical (unpaired) electrons. The Morgan fingerprint density at radius 2 is 2.11 bits per heavy atom. The fourth-order valence-corrected chi connectivity index (χ4v) is 1.28. The molecule has 0 unspecified atom stereocenters. The van der Waals surface area contributed by atoms with Crippen molar-refractivity contribution in [3.63, 3.8) is 0 Å². The van der Waals surface area contributed by atoms with Gasteiger partial charge in [-0.25, -0.2) is 4.39 Å². The van der Waals surface area contributed by atoms with Crippen LogP contribution in [-0.4, -0.2) is 16.9 Å². The molecule has 0 bridgehead atoms. The number of carbonyl (C=O) groups is 1. The monoisotopic (exact) mass is 255 g/mol. The summed E-state index contributed by atoms with van der Waals surface area (Å²) in [6.07, 6.45) is 0. The molecule has 0 saturated carbocycles. The van der Waals surface area contributed by atoms with Gasteiger partial charge in [0.1, 0.15) is 11.5 Å². The molecule has 0 aliphatic carbocycles. The standard InChI is InChI=1S/C11H14FN3O3/c1-6(2)10(13)11(16)14-8-4-3-7(12)5-9(8)15(17)18/h3-6,10H,13H2,1-2H3,(H,14,16)/t10-/m1/s1. The number of nitrogens with one attached hydrogen (secondary N) is 1. The normalized spacial score (nSPS) is 12.3. The maximum atomic E-state index is 12.9. The average Bonchev–Trinajstić information content (AvgIpc) is 2.29. The van der Waals surface area contributed by atoms with E-state index in [1.807, 2.05) is 0 Å². The summed E-state index contributed by atoms with van der Waals surface area (Å²) in [7, 11) is 0. The van der Waals surface area contributed by atoms with Crippen molar-refractivity contribution in [1.29, 1.82) is 0 Å². The molecule has 0 aromatic heterocycles. The second kappa shape index (κ2) is 5.54. The molecule has 1 amide bonds. The molecule has 0 aliphatic rings. The van der Waals surface area contributed by atoms with Gasteiger partial charge in [-0.05, 0) is 18.1 Å². The minimum atomic E-state index is -0.783. The van der Waals surface area contributed by atoms with Gasteiger partial charge in [0.2, 0.25) is 5.91 Å². The third kappa shape index (κ3) is 3.24. The van der Waals surface area contributed by atoms with E-state index in [1.54, 1.807) is 13.8 Å². The SMILES string of the molecule is CC(C)[C@@H](N)C(=O)Nc1ccc(F)cc1[N+](=O)[O-]. The fraction of sp³-hybridized carbons (Fsp3) is 0.364. The molecule has 98 valence electrons. The highest BCUT2D eigenvalue weighted by molar-refractivity contribution is 5.96. The molecular weight excluding hydrogens is 241 g/mol. The summed E-state index contributed by atoms with van der Waals surface area (Å²) in [6, 6.07) is 2.13. The van der Waals surface area contributed by atoms with E-state index in [4.69, 9.17) is 5.73 Å². The summed E-state index contributed by atoms with van der Waals surface area (Å²) < 4.78 is 12.9. The highest BCUT2D eigenvalue weighted by Gasteiger charge is 2.21. The van der Waals surface area contributed by atoms with Crippen LogP contribution in [0.2, 0.25) is 0 Å². The first kappa shape index (κ1) is 14.0. The topological polar surface area (TPSA) is 98.3 Å². The van der Waals surface area contributed by atoms with Crippen LogP contribution in [0.1, 0.15) is 13.8 Å². The number of hydrogen-bond donors (Lipinski definition) is 2. The van der Waals surface area contributed by atoms with Crippen molar-refractivity contribution in [2.75, 3.05) is 5.32 Å². The molecule has 6 nitrogen and oxygen atoms in total. The molecule has 3 N–H and O–H groups in total. The summed E-state index contributed by atoms with van der Waals surface area (Å²) in [4.78, 5) is 21.6. The van der Waals surface area contributed by atoms with Crippen molar-refractivity contribution < 1.29 is 14.1 Å². The highest BCUT2D eigenvalue weighted by atomic mass is 19.1. The average molecular weight is 255 g/mol. The van der Waals surface area contributed by atoms with Crippen LogP contribution in [0, 0.1) is 21.8 Å². The summed E-state index contributed by atoms with van der Waals surface area (Å²) in [5.41, 5.74) is 5.04. The van der Waals surface area contributed by atoms with Gasteiger partial charge in [0.05, 0.1) is 17.0 Å². The number of rotatable bonds is 4. The largest absolute Gasteiger partial charge is 0.320 e. The Labute approximate surface area is 103 Å². The van der Waals surface area contributed by atoms with Gasteiger partial charge in [-0.15, -0.1) is 0 Å². The minimum Gasteiger partial charge on any atom is -0.320 e. The zero-order valence-corrected chi connectivity index (χ0v) is 10.0. The molecule has 0 saturated heterocycles. The molecule has 0 heterocycles. The van der Waals surface area contributed by atoms with Crippen molar-refractivity contribution in [1.82, 2.24) is 0 Å². The molecule has 7 heteroatoms. The van der Waals surface area contributed by atoms with Crippen molar-refractivity contribution in [2.24, 2.45) is 11.7 Å². The van der Waals surface area contributed by atoms with E-state index in [0.29, 0.717) is 0 Å². The van der Waals surface area contributed by atoms with Crippen LogP contribution < -0.4 is 11.1 Å². The van der Waals surface area contributed by atoms with E-state index < -0.39 is 28.4 Å². The Hall–Kier alpha value is -2.02. The Bertz CT molecular complexity index is 477. The number of hydrogen-bond acceptors (Lipinski definition) is 4. The van der Waals surface area contributed by atoms with Gasteiger partial charge in [-0.2, -0.15) is 0 Å². The summed E-state index contributed by atoms with van der Waals surface area (Å²) in [5, 5.41) is 13.0. The Morgan fingerprint density at radius 1 is 1.50 bits per heavy atom. The first-order valence-electron chi connectivity index (χ1n) is 5.33. The smallest absolute Gasteiger partial charge is 0.295 e. The van der Waals surface area contributed by atoms with E-state index in [0.717, 1.165) is 18.2 Å². The van der Waals surface area contributed by atoms with Gasteiger partial charge in [0, 0.05) is 0 Å². The third-order valence-electron chi connectivity index (χ3n) is 2.44. The molecule has 1 atom stereocenters. The van der Waals surface area contributed by atoms with Crippen molar-refractivity contribution >= 4 is 17.3 Å². The molecule has 0 fully saturated rings. The van der Waals surface area contributed by atoms with E-state index in [-0.39, 0.29) is 11.6 Å². The first-order chi connectivity index (χ1) is 8.32. The van der Waals surface area contributed by atoms with Crippen molar-refractivity contribution in [2.45, 2.75) is 19.9 Å². The van der Waals surface area contributed by atoms with Crippen LogP contribution in [0.4, 0.5) is 15.8 Å². The zero-order valence-electron chi connectivity index (χ0n) is 10.0. The molecule has 0 aliphatic heterocycles. The van der Waals surface area contributed by atoms with Crippen LogP contribution in [0.25, 0.3) is 0 Å². The fourth-order valence-electron chi connectivity index (χ4n) is 1.28. The Balaban J connectivity index is 2.98. The number of amides is 1. The van der Waals surface area contributed by atoms with Crippen LogP contribution >= 0.6 is 0 Å². The van der Waals surface area contributed by atoms with Gasteiger partial charge in [-0.3, -0.25) is 14.9 Å². The van der Waals surface area contributed by atoms with Crippen molar-refractivity contribution in [3.05, 3.63) is 34.1 Å². The summed E-state index contributed by atoms with van der Waals surface area (Å²) in [6.45, 7) is 3.51. The van der Waals surface area contributed by atoms with Gasteiger partial charge in [-0.1, -0.05) is 13.8 Å². The quantitative estimate of drug-likeness (QED) is 0.631. The highest BCUT2D eigenvalue weighted by Crippen LogP contribution is 2.25. The summed E-state index contributed by atoms with van der Waals surface area (Å²) >= 11 is 0. The molecule has 18 heavy (non-hydrogen) atoms. The van der Waals surface area contributed by atoms with E-state index in [9.17, 15) is 19.3 Å².